The van der Waals surface area contributed by atoms with Gasteiger partial charge in [-0.1, -0.05) is 196 Å². The van der Waals surface area contributed by atoms with Crippen LogP contribution in [-0.4, -0.2) is 12.1 Å². The second-order valence-corrected chi connectivity index (χ2v) is 16.3. The van der Waals surface area contributed by atoms with Crippen molar-refractivity contribution in [1.82, 2.24) is 0 Å². The van der Waals surface area contributed by atoms with E-state index in [1.54, 1.807) is 0 Å². The Morgan fingerprint density at radius 2 is 0.909 bits per heavy atom. The van der Waals surface area contributed by atoms with Gasteiger partial charge >= 0.3 is 5.97 Å². The predicted octanol–water partition coefficient (Wildman–Crippen LogP) is 14.6. The van der Waals surface area contributed by atoms with E-state index < -0.39 is 0 Å². The summed E-state index contributed by atoms with van der Waals surface area (Å²) in [5.74, 6) is 2.38. The Morgan fingerprint density at radius 3 is 1.34 bits per heavy atom. The zero-order valence-corrected chi connectivity index (χ0v) is 31.3. The largest absolute Gasteiger partial charge is 0.462 e. The van der Waals surface area contributed by atoms with Crippen molar-refractivity contribution in [2.45, 2.75) is 240 Å². The van der Waals surface area contributed by atoms with Crippen molar-refractivity contribution >= 4 is 5.97 Å². The van der Waals surface area contributed by atoms with E-state index in [0.717, 1.165) is 37.5 Å². The third-order valence-electron chi connectivity index (χ3n) is 10.4. The van der Waals surface area contributed by atoms with Crippen LogP contribution in [0.2, 0.25) is 0 Å². The van der Waals surface area contributed by atoms with Gasteiger partial charge in [0, 0.05) is 0 Å². The Hall–Kier alpha value is -0.530. The summed E-state index contributed by atoms with van der Waals surface area (Å²) in [5.41, 5.74) is 0.191. The van der Waals surface area contributed by atoms with Crippen molar-refractivity contribution in [1.29, 1.82) is 0 Å². The minimum Gasteiger partial charge on any atom is -0.462 e. The molecule has 1 fully saturated rings. The smallest absolute Gasteiger partial charge is 0.309 e. The van der Waals surface area contributed by atoms with Gasteiger partial charge in [0.1, 0.15) is 6.10 Å². The molecular formula is C42H82O2. The highest BCUT2D eigenvalue weighted by Gasteiger charge is 2.35. The Kier molecular flexibility index (Phi) is 26.0. The second-order valence-electron chi connectivity index (χ2n) is 16.3. The molecule has 4 atom stereocenters. The molecule has 2 heteroatoms. The minimum absolute atomic E-state index is 0.0911. The molecule has 0 spiro atoms. The zero-order chi connectivity index (χ0) is 32.3. The van der Waals surface area contributed by atoms with Crippen LogP contribution in [0.4, 0.5) is 0 Å². The number of esters is 1. The fourth-order valence-electron chi connectivity index (χ4n) is 7.38. The van der Waals surface area contributed by atoms with Crippen LogP contribution in [0.5, 0.6) is 0 Å². The summed E-state index contributed by atoms with van der Waals surface area (Å²) in [7, 11) is 0. The van der Waals surface area contributed by atoms with Gasteiger partial charge < -0.3 is 4.74 Å². The molecular weight excluding hydrogens is 536 g/mol. The molecule has 0 aromatic rings. The van der Waals surface area contributed by atoms with E-state index in [0.29, 0.717) is 0 Å². The average Bonchev–Trinajstić information content (AvgIpc) is 3.73. The summed E-state index contributed by atoms with van der Waals surface area (Å²) in [6.07, 6.45) is 39.6. The van der Waals surface area contributed by atoms with E-state index in [2.05, 4.69) is 41.5 Å². The molecule has 4 unspecified atom stereocenters. The normalized spacial score (nSPS) is 18.0. The highest BCUT2D eigenvalue weighted by atomic mass is 16.5. The number of unbranched alkanes of at least 4 members (excludes halogenated alkanes) is 19. The number of hydrogen-bond acceptors (Lipinski definition) is 2. The van der Waals surface area contributed by atoms with Gasteiger partial charge in [-0.05, 0) is 55.8 Å². The van der Waals surface area contributed by atoms with Gasteiger partial charge in [0.15, 0.2) is 0 Å². The van der Waals surface area contributed by atoms with E-state index in [4.69, 9.17) is 4.74 Å². The molecule has 0 bridgehead atoms. The summed E-state index contributed by atoms with van der Waals surface area (Å²) in [5, 5.41) is 0. The fourth-order valence-corrected chi connectivity index (χ4v) is 7.38. The Bertz CT molecular complexity index is 634. The maximum atomic E-state index is 13.5. The first-order chi connectivity index (χ1) is 21.3. The second kappa shape index (κ2) is 27.6. The SMILES string of the molecule is CCCCCCCCCC1CC1CCCCCCCCC(CC(C)(C)C)OC(=O)C(CCCCCC)CCCCCCCC. The van der Waals surface area contributed by atoms with Crippen LogP contribution in [0.3, 0.4) is 0 Å². The van der Waals surface area contributed by atoms with Crippen molar-refractivity contribution in [3.8, 4) is 0 Å². The Balaban J connectivity index is 2.26. The lowest BCUT2D eigenvalue weighted by Crippen LogP contribution is -2.28. The molecule has 1 aliphatic carbocycles. The molecule has 44 heavy (non-hydrogen) atoms. The first kappa shape index (κ1) is 41.5. The Labute approximate surface area is 278 Å². The fraction of sp³-hybridized carbons (Fsp3) is 0.976. The lowest BCUT2D eigenvalue weighted by Gasteiger charge is -2.28. The summed E-state index contributed by atoms with van der Waals surface area (Å²) >= 11 is 0. The lowest BCUT2D eigenvalue weighted by atomic mass is 9.87. The molecule has 262 valence electrons. The standard InChI is InChI=1S/C42H82O2/c1-7-10-13-16-18-22-27-32-38-35-39(38)33-28-23-19-20-24-29-34-40(36-42(4,5)6)44-41(43)37(30-25-15-12-9-3)31-26-21-17-14-11-8-2/h37-40H,7-36H2,1-6H3. The van der Waals surface area contributed by atoms with Gasteiger partial charge in [0.05, 0.1) is 5.92 Å². The van der Waals surface area contributed by atoms with Crippen LogP contribution in [-0.2, 0) is 9.53 Å². The summed E-state index contributed by atoms with van der Waals surface area (Å²) in [6.45, 7) is 13.7. The van der Waals surface area contributed by atoms with Crippen LogP contribution in [0.15, 0.2) is 0 Å². The van der Waals surface area contributed by atoms with Crippen LogP contribution in [0, 0.1) is 23.2 Å². The molecule has 0 heterocycles. The summed E-state index contributed by atoms with van der Waals surface area (Å²) < 4.78 is 6.35. The van der Waals surface area contributed by atoms with E-state index in [1.165, 1.54) is 167 Å². The topological polar surface area (TPSA) is 26.3 Å². The van der Waals surface area contributed by atoms with Crippen molar-refractivity contribution in [2.24, 2.45) is 23.2 Å². The molecule has 1 aliphatic rings. The highest BCUT2D eigenvalue weighted by molar-refractivity contribution is 5.72. The average molecular weight is 619 g/mol. The molecule has 1 rings (SSSR count). The molecule has 0 N–H and O–H groups in total. The third kappa shape index (κ3) is 24.7. The van der Waals surface area contributed by atoms with Crippen molar-refractivity contribution in [3.63, 3.8) is 0 Å². The maximum absolute atomic E-state index is 13.5. The highest BCUT2D eigenvalue weighted by Crippen LogP contribution is 2.45. The van der Waals surface area contributed by atoms with Crippen molar-refractivity contribution < 1.29 is 9.53 Å². The maximum Gasteiger partial charge on any atom is 0.309 e. The van der Waals surface area contributed by atoms with Crippen LogP contribution in [0.25, 0.3) is 0 Å². The summed E-state index contributed by atoms with van der Waals surface area (Å²) in [4.78, 5) is 13.5. The van der Waals surface area contributed by atoms with E-state index in [9.17, 15) is 4.79 Å². The quantitative estimate of drug-likeness (QED) is 0.0554. The van der Waals surface area contributed by atoms with Gasteiger partial charge in [-0.3, -0.25) is 4.79 Å². The number of carbonyl (C=O) groups is 1. The molecule has 0 aromatic heterocycles. The van der Waals surface area contributed by atoms with Crippen LogP contribution >= 0.6 is 0 Å². The zero-order valence-electron chi connectivity index (χ0n) is 31.3. The molecule has 2 nitrogen and oxygen atoms in total. The van der Waals surface area contributed by atoms with Crippen LogP contribution < -0.4 is 0 Å². The minimum atomic E-state index is 0.0911. The van der Waals surface area contributed by atoms with Gasteiger partial charge in [0.25, 0.3) is 0 Å². The van der Waals surface area contributed by atoms with E-state index in [1.807, 2.05) is 0 Å². The van der Waals surface area contributed by atoms with Gasteiger partial charge in [-0.2, -0.15) is 0 Å². The molecule has 0 amide bonds. The number of carbonyl (C=O) groups excluding carboxylic acids is 1. The van der Waals surface area contributed by atoms with Crippen LogP contribution in [0.1, 0.15) is 234 Å². The first-order valence-corrected chi connectivity index (χ1v) is 20.5. The van der Waals surface area contributed by atoms with E-state index >= 15 is 0 Å². The molecule has 1 saturated carbocycles. The van der Waals surface area contributed by atoms with Gasteiger partial charge in [-0.25, -0.2) is 0 Å². The van der Waals surface area contributed by atoms with E-state index in [-0.39, 0.29) is 23.4 Å². The lowest BCUT2D eigenvalue weighted by molar-refractivity contribution is -0.156. The number of rotatable bonds is 32. The van der Waals surface area contributed by atoms with Gasteiger partial charge in [-0.15, -0.1) is 0 Å². The van der Waals surface area contributed by atoms with Crippen molar-refractivity contribution in [2.75, 3.05) is 0 Å². The number of ether oxygens (including phenoxy) is 1. The monoisotopic (exact) mass is 619 g/mol. The number of hydrogen-bond donors (Lipinski definition) is 0. The van der Waals surface area contributed by atoms with Gasteiger partial charge in [0.2, 0.25) is 0 Å². The molecule has 0 aliphatic heterocycles. The molecule has 0 saturated heterocycles. The third-order valence-corrected chi connectivity index (χ3v) is 10.4. The van der Waals surface area contributed by atoms with Crippen molar-refractivity contribution in [3.05, 3.63) is 0 Å². The Morgan fingerprint density at radius 1 is 0.545 bits per heavy atom. The molecule has 0 aromatic carbocycles. The summed E-state index contributed by atoms with van der Waals surface area (Å²) in [6, 6.07) is 0. The molecule has 0 radical (unpaired) electrons. The first-order valence-electron chi connectivity index (χ1n) is 20.5. The predicted molar refractivity (Wildman–Crippen MR) is 195 cm³/mol.